The van der Waals surface area contributed by atoms with Gasteiger partial charge < -0.3 is 5.73 Å². The number of sulfone groups is 1. The van der Waals surface area contributed by atoms with Gasteiger partial charge >= 0.3 is 0 Å². The van der Waals surface area contributed by atoms with Crippen LogP contribution in [0.3, 0.4) is 0 Å². The second-order valence-electron chi connectivity index (χ2n) is 3.72. The summed E-state index contributed by atoms with van der Waals surface area (Å²) < 4.78 is 22.7. The van der Waals surface area contributed by atoms with Gasteiger partial charge in [0.15, 0.2) is 9.84 Å². The summed E-state index contributed by atoms with van der Waals surface area (Å²) >= 11 is 7.27. The highest BCUT2D eigenvalue weighted by atomic mass is 35.5. The van der Waals surface area contributed by atoms with Crippen molar-refractivity contribution >= 4 is 39.0 Å². The quantitative estimate of drug-likeness (QED) is 0.874. The van der Waals surface area contributed by atoms with E-state index in [1.165, 1.54) is 30.2 Å². The van der Waals surface area contributed by atoms with Crippen LogP contribution in [0, 0.1) is 0 Å². The molecule has 0 atom stereocenters. The Balaban J connectivity index is 2.27. The Morgan fingerprint density at radius 1 is 1.21 bits per heavy atom. The standard InChI is InChI=1S/C11H10ClN3O2S2/c1-19(16,17)8-4-2-7(3-5-8)18-11-9(12)10(13)14-6-15-11/h2-6H,1H3,(H2,13,14,15). The van der Waals surface area contributed by atoms with E-state index in [-0.39, 0.29) is 10.7 Å². The van der Waals surface area contributed by atoms with Crippen LogP contribution in [0.1, 0.15) is 0 Å². The van der Waals surface area contributed by atoms with E-state index in [1.807, 2.05) is 0 Å². The zero-order valence-electron chi connectivity index (χ0n) is 9.87. The zero-order chi connectivity index (χ0) is 14.0. The molecule has 0 aliphatic carbocycles. The van der Waals surface area contributed by atoms with E-state index < -0.39 is 9.84 Å². The molecule has 0 aliphatic heterocycles. The minimum absolute atomic E-state index is 0.215. The van der Waals surface area contributed by atoms with Gasteiger partial charge in [-0.1, -0.05) is 23.4 Å². The predicted octanol–water partition coefficient (Wildman–Crippen LogP) is 2.27. The minimum atomic E-state index is -3.19. The van der Waals surface area contributed by atoms with Gasteiger partial charge in [-0.15, -0.1) is 0 Å². The van der Waals surface area contributed by atoms with E-state index >= 15 is 0 Å². The predicted molar refractivity (Wildman–Crippen MR) is 75.1 cm³/mol. The fraction of sp³-hybridized carbons (Fsp3) is 0.0909. The van der Waals surface area contributed by atoms with Gasteiger partial charge in [0, 0.05) is 11.2 Å². The number of nitrogen functional groups attached to an aromatic ring is 1. The van der Waals surface area contributed by atoms with Crippen molar-refractivity contribution in [3.63, 3.8) is 0 Å². The molecule has 0 fully saturated rings. The molecule has 0 bridgehead atoms. The van der Waals surface area contributed by atoms with Crippen molar-refractivity contribution in [2.45, 2.75) is 14.8 Å². The van der Waals surface area contributed by atoms with Crippen molar-refractivity contribution in [2.24, 2.45) is 0 Å². The molecule has 0 saturated heterocycles. The van der Waals surface area contributed by atoms with Gasteiger partial charge in [0.25, 0.3) is 0 Å². The van der Waals surface area contributed by atoms with E-state index in [9.17, 15) is 8.42 Å². The molecule has 2 N–H and O–H groups in total. The monoisotopic (exact) mass is 315 g/mol. The number of halogens is 1. The SMILES string of the molecule is CS(=O)(=O)c1ccc(Sc2ncnc(N)c2Cl)cc1. The van der Waals surface area contributed by atoms with Crippen LogP contribution < -0.4 is 5.73 Å². The maximum atomic E-state index is 11.3. The van der Waals surface area contributed by atoms with E-state index in [1.54, 1.807) is 12.1 Å². The Hall–Kier alpha value is -1.31. The van der Waals surface area contributed by atoms with E-state index in [0.717, 1.165) is 11.2 Å². The smallest absolute Gasteiger partial charge is 0.175 e. The molecule has 2 rings (SSSR count). The third-order valence-corrected chi connectivity index (χ3v) is 4.87. The second kappa shape index (κ2) is 5.36. The highest BCUT2D eigenvalue weighted by Crippen LogP contribution is 2.33. The van der Waals surface area contributed by atoms with Crippen LogP contribution in [0.25, 0.3) is 0 Å². The molecular formula is C11H10ClN3O2S2. The normalized spacial score (nSPS) is 11.5. The van der Waals surface area contributed by atoms with Gasteiger partial charge in [0.2, 0.25) is 0 Å². The van der Waals surface area contributed by atoms with Crippen LogP contribution >= 0.6 is 23.4 Å². The third-order valence-electron chi connectivity index (χ3n) is 2.25. The minimum Gasteiger partial charge on any atom is -0.382 e. The van der Waals surface area contributed by atoms with Gasteiger partial charge in [-0.2, -0.15) is 0 Å². The summed E-state index contributed by atoms with van der Waals surface area (Å²) in [5.41, 5.74) is 5.58. The lowest BCUT2D eigenvalue weighted by molar-refractivity contribution is 0.602. The molecular weight excluding hydrogens is 306 g/mol. The number of rotatable bonds is 3. The highest BCUT2D eigenvalue weighted by Gasteiger charge is 2.10. The highest BCUT2D eigenvalue weighted by molar-refractivity contribution is 7.99. The van der Waals surface area contributed by atoms with Gasteiger partial charge in [0.1, 0.15) is 22.2 Å². The zero-order valence-corrected chi connectivity index (χ0v) is 12.3. The lowest BCUT2D eigenvalue weighted by atomic mass is 10.4. The first kappa shape index (κ1) is 14.1. The maximum Gasteiger partial charge on any atom is 0.175 e. The van der Waals surface area contributed by atoms with Crippen molar-refractivity contribution in [3.8, 4) is 0 Å². The summed E-state index contributed by atoms with van der Waals surface area (Å²) in [6.07, 6.45) is 2.49. The van der Waals surface area contributed by atoms with Crippen LogP contribution in [-0.4, -0.2) is 24.6 Å². The molecule has 19 heavy (non-hydrogen) atoms. The van der Waals surface area contributed by atoms with Crippen LogP contribution in [0.5, 0.6) is 0 Å². The lowest BCUT2D eigenvalue weighted by Gasteiger charge is -2.05. The molecule has 1 heterocycles. The Morgan fingerprint density at radius 3 is 2.42 bits per heavy atom. The number of aromatic nitrogens is 2. The molecule has 8 heteroatoms. The van der Waals surface area contributed by atoms with Crippen LogP contribution in [0.15, 0.2) is 45.4 Å². The number of hydrogen-bond donors (Lipinski definition) is 1. The molecule has 0 unspecified atom stereocenters. The van der Waals surface area contributed by atoms with Crippen molar-refractivity contribution < 1.29 is 8.42 Å². The van der Waals surface area contributed by atoms with Gasteiger partial charge in [-0.25, -0.2) is 18.4 Å². The molecule has 0 aliphatic rings. The molecule has 5 nitrogen and oxygen atoms in total. The Bertz CT molecular complexity index is 702. The van der Waals surface area contributed by atoms with Gasteiger partial charge in [-0.05, 0) is 24.3 Å². The number of anilines is 1. The fourth-order valence-electron chi connectivity index (χ4n) is 1.30. The number of hydrogen-bond acceptors (Lipinski definition) is 6. The summed E-state index contributed by atoms with van der Waals surface area (Å²) in [6, 6.07) is 6.46. The Morgan fingerprint density at radius 2 is 1.84 bits per heavy atom. The van der Waals surface area contributed by atoms with E-state index in [4.69, 9.17) is 17.3 Å². The molecule has 2 aromatic rings. The van der Waals surface area contributed by atoms with Crippen LogP contribution in [0.2, 0.25) is 5.02 Å². The number of nitrogens with zero attached hydrogens (tertiary/aromatic N) is 2. The molecule has 0 spiro atoms. The third kappa shape index (κ3) is 3.37. The molecule has 0 saturated carbocycles. The molecule has 100 valence electrons. The number of nitrogens with two attached hydrogens (primary N) is 1. The molecule has 1 aromatic heterocycles. The van der Waals surface area contributed by atoms with E-state index in [2.05, 4.69) is 9.97 Å². The maximum absolute atomic E-state index is 11.3. The average molecular weight is 316 g/mol. The second-order valence-corrected chi connectivity index (χ2v) is 7.18. The van der Waals surface area contributed by atoms with Crippen molar-refractivity contribution in [2.75, 3.05) is 12.0 Å². The molecule has 1 aromatic carbocycles. The summed E-state index contributed by atoms with van der Waals surface area (Å²) in [6.45, 7) is 0. The topological polar surface area (TPSA) is 85.9 Å². The fourth-order valence-corrected chi connectivity index (χ4v) is 2.94. The largest absolute Gasteiger partial charge is 0.382 e. The summed E-state index contributed by atoms with van der Waals surface area (Å²) in [4.78, 5) is 8.88. The summed E-state index contributed by atoms with van der Waals surface area (Å²) in [5.74, 6) is 0.215. The van der Waals surface area contributed by atoms with Crippen LogP contribution in [-0.2, 0) is 9.84 Å². The Labute approximate surface area is 120 Å². The first-order valence-electron chi connectivity index (χ1n) is 5.12. The Kier molecular flexibility index (Phi) is 3.98. The van der Waals surface area contributed by atoms with Gasteiger partial charge in [0.05, 0.1) is 4.90 Å². The van der Waals surface area contributed by atoms with Crippen molar-refractivity contribution in [3.05, 3.63) is 35.6 Å². The van der Waals surface area contributed by atoms with Gasteiger partial charge in [-0.3, -0.25) is 0 Å². The first-order chi connectivity index (χ1) is 8.88. The average Bonchev–Trinajstić information content (AvgIpc) is 2.35. The summed E-state index contributed by atoms with van der Waals surface area (Å²) in [7, 11) is -3.19. The first-order valence-corrected chi connectivity index (χ1v) is 8.20. The molecule has 0 amide bonds. The number of benzene rings is 1. The summed E-state index contributed by atoms with van der Waals surface area (Å²) in [5, 5.41) is 0.820. The van der Waals surface area contributed by atoms with Crippen molar-refractivity contribution in [1.82, 2.24) is 9.97 Å². The van der Waals surface area contributed by atoms with Crippen LogP contribution in [0.4, 0.5) is 5.82 Å². The van der Waals surface area contributed by atoms with E-state index in [0.29, 0.717) is 10.0 Å². The lowest BCUT2D eigenvalue weighted by Crippen LogP contribution is -1.96. The molecule has 0 radical (unpaired) electrons. The van der Waals surface area contributed by atoms with Crippen molar-refractivity contribution in [1.29, 1.82) is 0 Å².